The molecule has 1 aliphatic rings. The summed E-state index contributed by atoms with van der Waals surface area (Å²) in [6.07, 6.45) is 8.83. The van der Waals surface area contributed by atoms with E-state index in [-0.39, 0.29) is 5.78 Å². The minimum absolute atomic E-state index is 0.0934. The van der Waals surface area contributed by atoms with Crippen LogP contribution in [0.5, 0.6) is 0 Å². The third kappa shape index (κ3) is 2.65. The zero-order valence-corrected chi connectivity index (χ0v) is 8.57. The lowest BCUT2D eigenvalue weighted by Gasteiger charge is -2.05. The molecule has 2 rings (SSSR count). The third-order valence-electron chi connectivity index (χ3n) is 2.50. The van der Waals surface area contributed by atoms with Gasteiger partial charge in [0.15, 0.2) is 5.78 Å². The van der Waals surface area contributed by atoms with Gasteiger partial charge in [-0.15, -0.1) is 0 Å². The van der Waals surface area contributed by atoms with Crippen molar-refractivity contribution in [1.29, 1.82) is 0 Å². The van der Waals surface area contributed by atoms with Crippen molar-refractivity contribution >= 4 is 5.78 Å². The number of carbonyl (C=O) groups excluding carboxylic acids is 1. The van der Waals surface area contributed by atoms with Gasteiger partial charge in [0, 0.05) is 23.7 Å². The SMILES string of the molecule is O=C(CNC1=CCCC1)c1cccnc1. The monoisotopic (exact) mass is 202 g/mol. The predicted octanol–water partition coefficient (Wildman–Crippen LogP) is 1.92. The fourth-order valence-corrected chi connectivity index (χ4v) is 1.65. The second-order valence-corrected chi connectivity index (χ2v) is 3.64. The van der Waals surface area contributed by atoms with Gasteiger partial charge in [-0.05, 0) is 31.4 Å². The van der Waals surface area contributed by atoms with E-state index in [9.17, 15) is 4.79 Å². The Kier molecular flexibility index (Phi) is 3.12. The summed E-state index contributed by atoms with van der Waals surface area (Å²) >= 11 is 0. The molecule has 0 bridgehead atoms. The van der Waals surface area contributed by atoms with Crippen molar-refractivity contribution in [1.82, 2.24) is 10.3 Å². The highest BCUT2D eigenvalue weighted by Crippen LogP contribution is 2.14. The van der Waals surface area contributed by atoms with Crippen LogP contribution in [0, 0.1) is 0 Å². The number of rotatable bonds is 4. The zero-order chi connectivity index (χ0) is 10.5. The number of nitrogens with zero attached hydrogens (tertiary/aromatic N) is 1. The number of nitrogens with one attached hydrogen (secondary N) is 1. The van der Waals surface area contributed by atoms with Crippen LogP contribution in [0.15, 0.2) is 36.3 Å². The molecular formula is C12H14N2O. The second-order valence-electron chi connectivity index (χ2n) is 3.64. The predicted molar refractivity (Wildman–Crippen MR) is 58.5 cm³/mol. The number of Topliss-reactive ketones (excluding diaryl/α,β-unsaturated/α-hetero) is 1. The first-order chi connectivity index (χ1) is 7.36. The molecule has 15 heavy (non-hydrogen) atoms. The van der Waals surface area contributed by atoms with Crippen molar-refractivity contribution in [3.05, 3.63) is 41.9 Å². The molecule has 1 heterocycles. The molecule has 0 fully saturated rings. The maximum Gasteiger partial charge on any atom is 0.183 e. The summed E-state index contributed by atoms with van der Waals surface area (Å²) in [5, 5.41) is 3.16. The van der Waals surface area contributed by atoms with Crippen LogP contribution in [0.3, 0.4) is 0 Å². The first-order valence-corrected chi connectivity index (χ1v) is 5.22. The normalized spacial score (nSPS) is 14.8. The molecular weight excluding hydrogens is 188 g/mol. The molecule has 0 aromatic carbocycles. The maximum absolute atomic E-state index is 11.7. The molecule has 1 N–H and O–H groups in total. The Labute approximate surface area is 89.2 Å². The van der Waals surface area contributed by atoms with E-state index in [0.717, 1.165) is 12.8 Å². The highest BCUT2D eigenvalue weighted by Gasteiger charge is 2.08. The molecule has 0 atom stereocenters. The Bertz CT molecular complexity index is 370. The Morgan fingerprint density at radius 3 is 3.13 bits per heavy atom. The summed E-state index contributed by atoms with van der Waals surface area (Å²) in [5.41, 5.74) is 1.87. The van der Waals surface area contributed by atoms with Gasteiger partial charge in [-0.1, -0.05) is 6.08 Å². The van der Waals surface area contributed by atoms with Crippen molar-refractivity contribution < 1.29 is 4.79 Å². The molecule has 0 spiro atoms. The number of hydrogen-bond donors (Lipinski definition) is 1. The van der Waals surface area contributed by atoms with Gasteiger partial charge in [0.1, 0.15) is 0 Å². The van der Waals surface area contributed by atoms with E-state index in [1.54, 1.807) is 24.5 Å². The van der Waals surface area contributed by atoms with Gasteiger partial charge in [0.2, 0.25) is 0 Å². The molecule has 0 saturated heterocycles. The van der Waals surface area contributed by atoms with Gasteiger partial charge >= 0.3 is 0 Å². The number of carbonyl (C=O) groups is 1. The van der Waals surface area contributed by atoms with Crippen LogP contribution in [0.1, 0.15) is 29.6 Å². The maximum atomic E-state index is 11.7. The summed E-state index contributed by atoms with van der Waals surface area (Å²) in [7, 11) is 0. The minimum Gasteiger partial charge on any atom is -0.381 e. The quantitative estimate of drug-likeness (QED) is 0.758. The van der Waals surface area contributed by atoms with E-state index in [4.69, 9.17) is 0 Å². The third-order valence-corrected chi connectivity index (χ3v) is 2.50. The largest absolute Gasteiger partial charge is 0.381 e. The average molecular weight is 202 g/mol. The molecule has 3 heteroatoms. The van der Waals surface area contributed by atoms with Gasteiger partial charge < -0.3 is 5.32 Å². The van der Waals surface area contributed by atoms with Crippen molar-refractivity contribution in [2.24, 2.45) is 0 Å². The standard InChI is InChI=1S/C12H14N2O/c15-12(10-4-3-7-13-8-10)9-14-11-5-1-2-6-11/h3-5,7-8,14H,1-2,6,9H2. The smallest absolute Gasteiger partial charge is 0.183 e. The number of ketones is 1. The van der Waals surface area contributed by atoms with E-state index in [1.807, 2.05) is 0 Å². The molecule has 3 nitrogen and oxygen atoms in total. The molecule has 0 aliphatic heterocycles. The van der Waals surface area contributed by atoms with Crippen LogP contribution < -0.4 is 5.32 Å². The van der Waals surface area contributed by atoms with Crippen LogP contribution in [0.2, 0.25) is 0 Å². The Balaban J connectivity index is 1.87. The Hall–Kier alpha value is -1.64. The van der Waals surface area contributed by atoms with Crippen LogP contribution in [0.25, 0.3) is 0 Å². The molecule has 78 valence electrons. The van der Waals surface area contributed by atoms with E-state index >= 15 is 0 Å². The summed E-state index contributed by atoms with van der Waals surface area (Å²) in [6, 6.07) is 3.57. The minimum atomic E-state index is 0.0934. The number of allylic oxidation sites excluding steroid dienone is 2. The van der Waals surface area contributed by atoms with Crippen molar-refractivity contribution in [2.45, 2.75) is 19.3 Å². The van der Waals surface area contributed by atoms with E-state index < -0.39 is 0 Å². The molecule has 0 amide bonds. The lowest BCUT2D eigenvalue weighted by atomic mass is 10.2. The van der Waals surface area contributed by atoms with E-state index in [1.165, 1.54) is 12.1 Å². The van der Waals surface area contributed by atoms with Gasteiger partial charge in [-0.3, -0.25) is 9.78 Å². The van der Waals surface area contributed by atoms with E-state index in [0.29, 0.717) is 12.1 Å². The summed E-state index contributed by atoms with van der Waals surface area (Å²) < 4.78 is 0. The number of hydrogen-bond acceptors (Lipinski definition) is 3. The lowest BCUT2D eigenvalue weighted by molar-refractivity contribution is 0.0993. The molecule has 0 radical (unpaired) electrons. The molecule has 1 aromatic heterocycles. The van der Waals surface area contributed by atoms with Crippen molar-refractivity contribution in [3.63, 3.8) is 0 Å². The second kappa shape index (κ2) is 4.73. The highest BCUT2D eigenvalue weighted by atomic mass is 16.1. The molecule has 1 aromatic rings. The van der Waals surface area contributed by atoms with Gasteiger partial charge in [-0.25, -0.2) is 0 Å². The summed E-state index contributed by atoms with van der Waals surface area (Å²) in [5.74, 6) is 0.0934. The molecule has 0 saturated carbocycles. The Morgan fingerprint density at radius 2 is 2.47 bits per heavy atom. The van der Waals surface area contributed by atoms with Crippen LogP contribution in [-0.2, 0) is 0 Å². The van der Waals surface area contributed by atoms with Crippen LogP contribution in [-0.4, -0.2) is 17.3 Å². The van der Waals surface area contributed by atoms with Gasteiger partial charge in [0.05, 0.1) is 6.54 Å². The fraction of sp³-hybridized carbons (Fsp3) is 0.333. The topological polar surface area (TPSA) is 42.0 Å². The Morgan fingerprint density at radius 1 is 1.53 bits per heavy atom. The summed E-state index contributed by atoms with van der Waals surface area (Å²) in [6.45, 7) is 0.373. The average Bonchev–Trinajstić information content (AvgIpc) is 2.80. The summed E-state index contributed by atoms with van der Waals surface area (Å²) in [4.78, 5) is 15.6. The van der Waals surface area contributed by atoms with E-state index in [2.05, 4.69) is 16.4 Å². The number of pyridine rings is 1. The zero-order valence-electron chi connectivity index (χ0n) is 8.57. The van der Waals surface area contributed by atoms with Gasteiger partial charge in [0.25, 0.3) is 0 Å². The first kappa shape index (κ1) is 9.90. The molecule has 1 aliphatic carbocycles. The van der Waals surface area contributed by atoms with Gasteiger partial charge in [-0.2, -0.15) is 0 Å². The fourth-order valence-electron chi connectivity index (χ4n) is 1.65. The van der Waals surface area contributed by atoms with Crippen molar-refractivity contribution in [3.8, 4) is 0 Å². The van der Waals surface area contributed by atoms with Crippen LogP contribution >= 0.6 is 0 Å². The number of aromatic nitrogens is 1. The first-order valence-electron chi connectivity index (χ1n) is 5.22. The molecule has 0 unspecified atom stereocenters. The lowest BCUT2D eigenvalue weighted by Crippen LogP contribution is -2.21. The van der Waals surface area contributed by atoms with Crippen molar-refractivity contribution in [2.75, 3.05) is 6.54 Å². The highest BCUT2D eigenvalue weighted by molar-refractivity contribution is 5.97. The van der Waals surface area contributed by atoms with Crippen LogP contribution in [0.4, 0.5) is 0 Å².